The second-order valence-electron chi connectivity index (χ2n) is 10.9. The molecule has 1 saturated heterocycles. The Morgan fingerprint density at radius 3 is 2.70 bits per heavy atom. The van der Waals surface area contributed by atoms with Gasteiger partial charge < -0.3 is 19.3 Å². The van der Waals surface area contributed by atoms with E-state index in [9.17, 15) is 19.1 Å². The molecule has 228 valence electrons. The zero-order chi connectivity index (χ0) is 31.0. The molecule has 1 amide bonds. The lowest BCUT2D eigenvalue weighted by atomic mass is 9.94. The second-order valence-corrected chi connectivity index (χ2v) is 11.9. The number of ether oxygens (including phenoxy) is 3. The number of rotatable bonds is 10. The van der Waals surface area contributed by atoms with Crippen molar-refractivity contribution in [2.24, 2.45) is 0 Å². The van der Waals surface area contributed by atoms with Crippen LogP contribution in [0.3, 0.4) is 0 Å². The summed E-state index contributed by atoms with van der Waals surface area (Å²) in [4.78, 5) is 33.3. The molecule has 10 heteroatoms. The number of thiazole rings is 1. The fourth-order valence-electron chi connectivity index (χ4n) is 5.68. The Kier molecular flexibility index (Phi) is 8.27. The lowest BCUT2D eigenvalue weighted by Crippen LogP contribution is -2.29. The zero-order valence-corrected chi connectivity index (χ0v) is 25.6. The zero-order valence-electron chi connectivity index (χ0n) is 24.8. The van der Waals surface area contributed by atoms with Gasteiger partial charge in [-0.2, -0.15) is 0 Å². The third-order valence-corrected chi connectivity index (χ3v) is 8.77. The first-order valence-corrected chi connectivity index (χ1v) is 15.7. The lowest BCUT2D eigenvalue weighted by molar-refractivity contribution is -0.132. The van der Waals surface area contributed by atoms with Gasteiger partial charge in [0, 0.05) is 12.0 Å². The van der Waals surface area contributed by atoms with Crippen LogP contribution in [0.15, 0.2) is 60.2 Å². The number of benzene rings is 3. The van der Waals surface area contributed by atoms with Crippen molar-refractivity contribution < 1.29 is 33.3 Å². The van der Waals surface area contributed by atoms with E-state index in [-0.39, 0.29) is 22.6 Å². The van der Waals surface area contributed by atoms with Crippen molar-refractivity contribution in [2.75, 3.05) is 18.1 Å². The summed E-state index contributed by atoms with van der Waals surface area (Å²) in [5.74, 6) is -0.689. The van der Waals surface area contributed by atoms with E-state index >= 15 is 0 Å². The third-order valence-electron chi connectivity index (χ3n) is 7.75. The summed E-state index contributed by atoms with van der Waals surface area (Å²) in [6.45, 7) is 6.83. The lowest BCUT2D eigenvalue weighted by Gasteiger charge is -2.24. The van der Waals surface area contributed by atoms with Crippen molar-refractivity contribution in [1.29, 1.82) is 0 Å². The maximum Gasteiger partial charge on any atom is 0.301 e. The Balaban J connectivity index is 1.49. The number of hydrogen-bond donors (Lipinski definition) is 1. The Morgan fingerprint density at radius 2 is 1.91 bits per heavy atom. The van der Waals surface area contributed by atoms with Crippen LogP contribution < -0.4 is 19.1 Å². The van der Waals surface area contributed by atoms with Crippen molar-refractivity contribution in [3.63, 3.8) is 0 Å². The summed E-state index contributed by atoms with van der Waals surface area (Å²) >= 11 is 1.10. The van der Waals surface area contributed by atoms with Gasteiger partial charge >= 0.3 is 5.91 Å². The minimum Gasteiger partial charge on any atom is -0.507 e. The number of nitrogens with zero attached hydrogens (tertiary/aromatic N) is 2. The van der Waals surface area contributed by atoms with Gasteiger partial charge in [-0.15, -0.1) is 0 Å². The number of anilines is 1. The molecule has 3 aromatic carbocycles. The monoisotopic (exact) mass is 616 g/mol. The first-order valence-electron chi connectivity index (χ1n) is 14.9. The molecule has 2 aliphatic heterocycles. The Bertz CT molecular complexity index is 1780. The van der Waals surface area contributed by atoms with Crippen LogP contribution in [0.1, 0.15) is 62.8 Å². The number of aromatic nitrogens is 1. The largest absolute Gasteiger partial charge is 0.507 e. The quantitative estimate of drug-likeness (QED) is 0.0861. The summed E-state index contributed by atoms with van der Waals surface area (Å²) in [6.07, 6.45) is 3.65. The SMILES string of the molecule is CCCCCOc1ccc([C@@H]2/C(=C(\O)c3ccc4c(c3)C[C@@H](C)O4)C(=O)C(=O)N2c2nc3ccc(F)cc3s2)cc1OCC. The third kappa shape index (κ3) is 5.50. The second kappa shape index (κ2) is 12.3. The van der Waals surface area contributed by atoms with Crippen molar-refractivity contribution in [3.8, 4) is 17.2 Å². The molecular weight excluding hydrogens is 583 g/mol. The van der Waals surface area contributed by atoms with E-state index in [1.165, 1.54) is 23.1 Å². The number of carbonyl (C=O) groups excluding carboxylic acids is 2. The first kappa shape index (κ1) is 29.6. The van der Waals surface area contributed by atoms with Crippen LogP contribution in [0.25, 0.3) is 16.0 Å². The normalized spacial score (nSPS) is 19.0. The van der Waals surface area contributed by atoms with E-state index in [2.05, 4.69) is 11.9 Å². The van der Waals surface area contributed by atoms with Gasteiger partial charge in [0.15, 0.2) is 16.6 Å². The van der Waals surface area contributed by atoms with E-state index in [4.69, 9.17) is 14.2 Å². The molecule has 2 atom stereocenters. The van der Waals surface area contributed by atoms with Crippen LogP contribution in [0.2, 0.25) is 0 Å². The van der Waals surface area contributed by atoms with Crippen LogP contribution in [0, 0.1) is 5.82 Å². The van der Waals surface area contributed by atoms with E-state index < -0.39 is 23.5 Å². The molecule has 4 aromatic rings. The molecular formula is C34H33FN2O6S. The molecule has 0 aliphatic carbocycles. The molecule has 3 heterocycles. The number of ketones is 1. The summed E-state index contributed by atoms with van der Waals surface area (Å²) in [5, 5.41) is 11.9. The molecule has 44 heavy (non-hydrogen) atoms. The van der Waals surface area contributed by atoms with Crippen molar-refractivity contribution in [2.45, 2.75) is 58.6 Å². The van der Waals surface area contributed by atoms with E-state index in [1.54, 1.807) is 36.4 Å². The average Bonchev–Trinajstić information content (AvgIpc) is 3.67. The van der Waals surface area contributed by atoms with E-state index in [0.29, 0.717) is 52.5 Å². The van der Waals surface area contributed by atoms with Crippen LogP contribution >= 0.6 is 11.3 Å². The van der Waals surface area contributed by atoms with Gasteiger partial charge in [0.1, 0.15) is 23.4 Å². The molecule has 6 rings (SSSR count). The highest BCUT2D eigenvalue weighted by Gasteiger charge is 2.48. The maximum atomic E-state index is 14.0. The number of amides is 1. The van der Waals surface area contributed by atoms with Crippen LogP contribution in [0.5, 0.6) is 17.2 Å². The molecule has 8 nitrogen and oxygen atoms in total. The summed E-state index contributed by atoms with van der Waals surface area (Å²) in [6, 6.07) is 13.6. The van der Waals surface area contributed by atoms with Crippen LogP contribution in [-0.4, -0.2) is 41.1 Å². The predicted octanol–water partition coefficient (Wildman–Crippen LogP) is 7.35. The highest BCUT2D eigenvalue weighted by molar-refractivity contribution is 7.22. The fourth-order valence-corrected chi connectivity index (χ4v) is 6.69. The van der Waals surface area contributed by atoms with Gasteiger partial charge in [-0.05, 0) is 79.9 Å². The molecule has 1 aromatic heterocycles. The number of carbonyl (C=O) groups is 2. The van der Waals surface area contributed by atoms with Gasteiger partial charge in [-0.25, -0.2) is 9.37 Å². The molecule has 2 aliphatic rings. The maximum absolute atomic E-state index is 14.0. The first-order chi connectivity index (χ1) is 21.3. The summed E-state index contributed by atoms with van der Waals surface area (Å²) in [5.41, 5.74) is 2.25. The molecule has 0 saturated carbocycles. The van der Waals surface area contributed by atoms with E-state index in [1.807, 2.05) is 13.8 Å². The molecule has 1 N–H and O–H groups in total. The summed E-state index contributed by atoms with van der Waals surface area (Å²) in [7, 11) is 0. The van der Waals surface area contributed by atoms with Gasteiger partial charge in [0.2, 0.25) is 0 Å². The van der Waals surface area contributed by atoms with Crippen LogP contribution in [0.4, 0.5) is 9.52 Å². The fraction of sp³-hybridized carbons (Fsp3) is 0.324. The van der Waals surface area contributed by atoms with Gasteiger partial charge in [0.25, 0.3) is 5.78 Å². The Morgan fingerprint density at radius 1 is 1.07 bits per heavy atom. The standard InChI is InChI=1S/C34H33FN2O6S/c1-4-6-7-14-42-26-13-8-20(17-27(26)41-5-2)30-29(31(38)21-9-12-25-22(16-21)15-19(3)43-25)32(39)33(40)37(30)34-36-24-11-10-23(35)18-28(24)44-34/h8-13,16-19,30,38H,4-7,14-15H2,1-3H3/b31-29+/t19-,30-/m1/s1. The highest BCUT2D eigenvalue weighted by Crippen LogP contribution is 2.46. The minimum atomic E-state index is -1.03. The van der Waals surface area contributed by atoms with Gasteiger partial charge in [-0.3, -0.25) is 14.5 Å². The molecule has 0 spiro atoms. The van der Waals surface area contributed by atoms with Crippen molar-refractivity contribution in [3.05, 3.63) is 82.7 Å². The average molecular weight is 617 g/mol. The Labute approximate surface area is 258 Å². The van der Waals surface area contributed by atoms with E-state index in [0.717, 1.165) is 41.9 Å². The van der Waals surface area contributed by atoms with Crippen molar-refractivity contribution >= 4 is 44.1 Å². The molecule has 0 unspecified atom stereocenters. The Hall–Kier alpha value is -4.44. The smallest absolute Gasteiger partial charge is 0.301 e. The summed E-state index contributed by atoms with van der Waals surface area (Å²) < 4.78 is 32.3. The number of Topliss-reactive ketones (excluding diaryl/α,β-unsaturated/α-hetero) is 1. The van der Waals surface area contributed by atoms with Gasteiger partial charge in [0.05, 0.1) is 35.0 Å². The van der Waals surface area contributed by atoms with Crippen LogP contribution in [-0.2, 0) is 16.0 Å². The number of fused-ring (bicyclic) bond motifs is 2. The molecule has 0 bridgehead atoms. The number of halogens is 1. The number of aliphatic hydroxyl groups excluding tert-OH is 1. The predicted molar refractivity (Wildman–Crippen MR) is 167 cm³/mol. The number of unbranched alkanes of at least 4 members (excludes halogenated alkanes) is 2. The van der Waals surface area contributed by atoms with Gasteiger partial charge in [-0.1, -0.05) is 37.2 Å². The highest BCUT2D eigenvalue weighted by atomic mass is 32.1. The molecule has 1 fully saturated rings. The minimum absolute atomic E-state index is 0.00320. The number of hydrogen-bond acceptors (Lipinski definition) is 8. The molecule has 0 radical (unpaired) electrons. The number of aliphatic hydroxyl groups is 1. The topological polar surface area (TPSA) is 98.2 Å². The van der Waals surface area contributed by atoms with Crippen molar-refractivity contribution in [1.82, 2.24) is 4.98 Å².